The van der Waals surface area contributed by atoms with Crippen LogP contribution in [-0.2, 0) is 11.6 Å². The molecule has 84 valence electrons. The van der Waals surface area contributed by atoms with Crippen LogP contribution in [0, 0.1) is 0 Å². The van der Waals surface area contributed by atoms with Crippen molar-refractivity contribution < 1.29 is 13.2 Å². The standard InChI is InChI=1S/C11H12ClF3/c1-10(2,3)9-7(11(13,14)15)5-4-6-8(9)12/h4-6H,1-3H3. The average molecular weight is 237 g/mol. The lowest BCUT2D eigenvalue weighted by Gasteiger charge is -2.25. The lowest BCUT2D eigenvalue weighted by molar-refractivity contribution is -0.138. The zero-order chi connectivity index (χ0) is 11.9. The summed E-state index contributed by atoms with van der Waals surface area (Å²) in [5, 5.41) is 0.164. The van der Waals surface area contributed by atoms with Crippen LogP contribution in [0.5, 0.6) is 0 Å². The fraction of sp³-hybridized carbons (Fsp3) is 0.455. The number of alkyl halides is 3. The van der Waals surface area contributed by atoms with Gasteiger partial charge in [-0.15, -0.1) is 0 Å². The monoisotopic (exact) mass is 236 g/mol. The molecule has 0 nitrogen and oxygen atoms in total. The third kappa shape index (κ3) is 2.65. The van der Waals surface area contributed by atoms with Gasteiger partial charge in [-0.2, -0.15) is 13.2 Å². The maximum absolute atomic E-state index is 12.7. The number of hydrogen-bond acceptors (Lipinski definition) is 0. The molecule has 0 fully saturated rings. The van der Waals surface area contributed by atoms with Crippen molar-refractivity contribution in [2.75, 3.05) is 0 Å². The second-order valence-corrected chi connectivity index (χ2v) is 4.82. The topological polar surface area (TPSA) is 0 Å². The Hall–Kier alpha value is -0.700. The van der Waals surface area contributed by atoms with Gasteiger partial charge in [0.1, 0.15) is 0 Å². The first-order valence-electron chi connectivity index (χ1n) is 4.50. The van der Waals surface area contributed by atoms with Crippen LogP contribution in [0.3, 0.4) is 0 Å². The van der Waals surface area contributed by atoms with Gasteiger partial charge >= 0.3 is 6.18 Å². The van der Waals surface area contributed by atoms with E-state index in [1.54, 1.807) is 20.8 Å². The lowest BCUT2D eigenvalue weighted by atomic mass is 9.83. The van der Waals surface area contributed by atoms with Gasteiger partial charge in [-0.05, 0) is 23.1 Å². The van der Waals surface area contributed by atoms with E-state index in [1.807, 2.05) is 0 Å². The molecule has 1 rings (SSSR count). The normalized spacial score (nSPS) is 13.0. The van der Waals surface area contributed by atoms with Crippen molar-refractivity contribution in [2.45, 2.75) is 32.4 Å². The minimum atomic E-state index is -4.35. The third-order valence-corrected chi connectivity index (χ3v) is 2.38. The van der Waals surface area contributed by atoms with Crippen LogP contribution in [-0.4, -0.2) is 0 Å². The molecular weight excluding hydrogens is 225 g/mol. The van der Waals surface area contributed by atoms with Crippen molar-refractivity contribution in [3.8, 4) is 0 Å². The number of rotatable bonds is 0. The van der Waals surface area contributed by atoms with Crippen LogP contribution in [0.4, 0.5) is 13.2 Å². The zero-order valence-corrected chi connectivity index (χ0v) is 9.50. The Bertz CT molecular complexity index is 361. The van der Waals surface area contributed by atoms with Crippen LogP contribution in [0.2, 0.25) is 5.02 Å². The van der Waals surface area contributed by atoms with E-state index in [0.717, 1.165) is 6.07 Å². The van der Waals surface area contributed by atoms with E-state index in [-0.39, 0.29) is 10.6 Å². The molecule has 0 saturated heterocycles. The molecule has 0 aliphatic heterocycles. The van der Waals surface area contributed by atoms with E-state index in [4.69, 9.17) is 11.6 Å². The van der Waals surface area contributed by atoms with Gasteiger partial charge in [0.15, 0.2) is 0 Å². The molecule has 0 aromatic heterocycles. The summed E-state index contributed by atoms with van der Waals surface area (Å²) in [5.41, 5.74) is -1.12. The highest BCUT2D eigenvalue weighted by Crippen LogP contribution is 2.40. The maximum atomic E-state index is 12.7. The van der Waals surface area contributed by atoms with E-state index < -0.39 is 17.2 Å². The summed E-state index contributed by atoms with van der Waals surface area (Å²) >= 11 is 5.82. The molecule has 15 heavy (non-hydrogen) atoms. The predicted molar refractivity (Wildman–Crippen MR) is 55.2 cm³/mol. The van der Waals surface area contributed by atoms with Crippen LogP contribution in [0.15, 0.2) is 18.2 Å². The van der Waals surface area contributed by atoms with Crippen LogP contribution in [0.1, 0.15) is 31.9 Å². The SMILES string of the molecule is CC(C)(C)c1c(Cl)cccc1C(F)(F)F. The maximum Gasteiger partial charge on any atom is 0.416 e. The Morgan fingerprint density at radius 2 is 1.60 bits per heavy atom. The lowest BCUT2D eigenvalue weighted by Crippen LogP contribution is -2.20. The highest BCUT2D eigenvalue weighted by Gasteiger charge is 2.37. The molecule has 0 radical (unpaired) electrons. The molecule has 1 aromatic carbocycles. The van der Waals surface area contributed by atoms with Crippen molar-refractivity contribution >= 4 is 11.6 Å². The summed E-state index contributed by atoms with van der Waals surface area (Å²) in [6.07, 6.45) is -4.35. The summed E-state index contributed by atoms with van der Waals surface area (Å²) in [5.74, 6) is 0. The molecule has 0 bridgehead atoms. The van der Waals surface area contributed by atoms with Gasteiger partial charge in [-0.25, -0.2) is 0 Å². The molecule has 0 unspecified atom stereocenters. The van der Waals surface area contributed by atoms with Crippen molar-refractivity contribution in [2.24, 2.45) is 0 Å². The fourth-order valence-corrected chi connectivity index (χ4v) is 1.98. The number of halogens is 4. The molecule has 0 amide bonds. The molecule has 0 aliphatic carbocycles. The van der Waals surface area contributed by atoms with Gasteiger partial charge in [0, 0.05) is 5.02 Å². The van der Waals surface area contributed by atoms with Gasteiger partial charge in [-0.3, -0.25) is 0 Å². The van der Waals surface area contributed by atoms with Crippen LogP contribution < -0.4 is 0 Å². The highest BCUT2D eigenvalue weighted by molar-refractivity contribution is 6.31. The Morgan fingerprint density at radius 1 is 1.07 bits per heavy atom. The Labute approximate surface area is 92.1 Å². The molecule has 0 atom stereocenters. The average Bonchev–Trinajstić information content (AvgIpc) is 1.99. The van der Waals surface area contributed by atoms with Gasteiger partial charge in [0.05, 0.1) is 5.56 Å². The highest BCUT2D eigenvalue weighted by atomic mass is 35.5. The molecule has 0 saturated carbocycles. The van der Waals surface area contributed by atoms with E-state index in [9.17, 15) is 13.2 Å². The minimum Gasteiger partial charge on any atom is -0.166 e. The third-order valence-electron chi connectivity index (χ3n) is 2.07. The molecule has 0 N–H and O–H groups in total. The van der Waals surface area contributed by atoms with Crippen LogP contribution >= 0.6 is 11.6 Å². The molecule has 0 heterocycles. The molecule has 0 aliphatic rings. The Morgan fingerprint density at radius 3 is 1.93 bits per heavy atom. The van der Waals surface area contributed by atoms with Crippen molar-refractivity contribution in [3.63, 3.8) is 0 Å². The summed E-state index contributed by atoms with van der Waals surface area (Å²) in [6.45, 7) is 5.14. The summed E-state index contributed by atoms with van der Waals surface area (Å²) in [4.78, 5) is 0. The van der Waals surface area contributed by atoms with Crippen molar-refractivity contribution in [3.05, 3.63) is 34.3 Å². The first kappa shape index (κ1) is 12.4. The summed E-state index contributed by atoms with van der Waals surface area (Å²) in [7, 11) is 0. The Balaban J connectivity index is 3.48. The Kier molecular flexibility index (Phi) is 3.06. The number of benzene rings is 1. The second-order valence-electron chi connectivity index (χ2n) is 4.41. The first-order chi connectivity index (χ1) is 6.64. The van der Waals surface area contributed by atoms with Crippen molar-refractivity contribution in [1.82, 2.24) is 0 Å². The largest absolute Gasteiger partial charge is 0.416 e. The molecule has 1 aromatic rings. The fourth-order valence-electron chi connectivity index (χ4n) is 1.52. The van der Waals surface area contributed by atoms with E-state index in [2.05, 4.69) is 0 Å². The van der Waals surface area contributed by atoms with Gasteiger partial charge in [0.25, 0.3) is 0 Å². The summed E-state index contributed by atoms with van der Waals surface area (Å²) < 4.78 is 38.1. The second kappa shape index (κ2) is 3.71. The van der Waals surface area contributed by atoms with Gasteiger partial charge < -0.3 is 0 Å². The first-order valence-corrected chi connectivity index (χ1v) is 4.88. The van der Waals surface area contributed by atoms with E-state index in [0.29, 0.717) is 0 Å². The number of hydrogen-bond donors (Lipinski definition) is 0. The van der Waals surface area contributed by atoms with Crippen LogP contribution in [0.25, 0.3) is 0 Å². The van der Waals surface area contributed by atoms with E-state index in [1.165, 1.54) is 12.1 Å². The molecule has 4 heteroatoms. The van der Waals surface area contributed by atoms with Gasteiger partial charge in [-0.1, -0.05) is 38.4 Å². The van der Waals surface area contributed by atoms with Crippen molar-refractivity contribution in [1.29, 1.82) is 0 Å². The molecular formula is C11H12ClF3. The van der Waals surface area contributed by atoms with E-state index >= 15 is 0 Å². The predicted octanol–water partition coefficient (Wildman–Crippen LogP) is 4.66. The minimum absolute atomic E-state index is 0.152. The molecule has 0 spiro atoms. The zero-order valence-electron chi connectivity index (χ0n) is 8.74. The quantitative estimate of drug-likeness (QED) is 0.615. The summed E-state index contributed by atoms with van der Waals surface area (Å²) in [6, 6.07) is 3.87. The van der Waals surface area contributed by atoms with Gasteiger partial charge in [0.2, 0.25) is 0 Å². The smallest absolute Gasteiger partial charge is 0.166 e.